The van der Waals surface area contributed by atoms with Gasteiger partial charge in [-0.05, 0) is 31.4 Å². The molecule has 0 unspecified atom stereocenters. The molecule has 2 heteroatoms. The molecule has 0 spiro atoms. The molecule has 0 saturated heterocycles. The van der Waals surface area contributed by atoms with Crippen molar-refractivity contribution in [3.05, 3.63) is 29.3 Å². The molecule has 1 aliphatic rings. The first-order chi connectivity index (χ1) is 6.20. The molecule has 0 atom stereocenters. The maximum atomic E-state index is 11.7. The van der Waals surface area contributed by atoms with Crippen LogP contribution in [-0.4, -0.2) is 5.78 Å². The van der Waals surface area contributed by atoms with Gasteiger partial charge in [0.25, 0.3) is 0 Å². The van der Waals surface area contributed by atoms with Gasteiger partial charge < -0.3 is 5.73 Å². The number of ketones is 1. The van der Waals surface area contributed by atoms with Gasteiger partial charge in [-0.2, -0.15) is 0 Å². The van der Waals surface area contributed by atoms with E-state index in [1.54, 1.807) is 0 Å². The number of benzene rings is 1. The summed E-state index contributed by atoms with van der Waals surface area (Å²) < 4.78 is 0. The SMILES string of the molecule is Cc1c(N)cccc1C(=O)C1CC1. The summed E-state index contributed by atoms with van der Waals surface area (Å²) in [6, 6.07) is 5.54. The fourth-order valence-electron chi connectivity index (χ4n) is 1.49. The van der Waals surface area contributed by atoms with Crippen LogP contribution in [0.15, 0.2) is 18.2 Å². The average Bonchev–Trinajstić information content (AvgIpc) is 2.91. The zero-order valence-corrected chi connectivity index (χ0v) is 7.71. The van der Waals surface area contributed by atoms with Gasteiger partial charge in [0.1, 0.15) is 0 Å². The lowest BCUT2D eigenvalue weighted by molar-refractivity contribution is 0.0967. The van der Waals surface area contributed by atoms with E-state index in [1.807, 2.05) is 25.1 Å². The van der Waals surface area contributed by atoms with Crippen molar-refractivity contribution in [2.45, 2.75) is 19.8 Å². The number of nitrogen functional groups attached to an aromatic ring is 1. The van der Waals surface area contributed by atoms with E-state index in [0.717, 1.165) is 24.0 Å². The van der Waals surface area contributed by atoms with E-state index in [4.69, 9.17) is 5.73 Å². The zero-order valence-electron chi connectivity index (χ0n) is 7.71. The molecule has 0 radical (unpaired) electrons. The summed E-state index contributed by atoms with van der Waals surface area (Å²) in [7, 11) is 0. The van der Waals surface area contributed by atoms with E-state index in [0.29, 0.717) is 5.69 Å². The van der Waals surface area contributed by atoms with Crippen LogP contribution in [0.1, 0.15) is 28.8 Å². The van der Waals surface area contributed by atoms with Crippen molar-refractivity contribution in [1.29, 1.82) is 0 Å². The number of Topliss-reactive ketones (excluding diaryl/α,β-unsaturated/α-hetero) is 1. The van der Waals surface area contributed by atoms with Crippen molar-refractivity contribution in [3.63, 3.8) is 0 Å². The van der Waals surface area contributed by atoms with Crippen molar-refractivity contribution >= 4 is 11.5 Å². The molecule has 0 aliphatic heterocycles. The van der Waals surface area contributed by atoms with Gasteiger partial charge in [0.15, 0.2) is 5.78 Å². The Morgan fingerprint density at radius 1 is 1.46 bits per heavy atom. The molecule has 2 rings (SSSR count). The Morgan fingerprint density at radius 2 is 2.15 bits per heavy atom. The predicted octanol–water partition coefficient (Wildman–Crippen LogP) is 2.17. The van der Waals surface area contributed by atoms with Crippen molar-refractivity contribution in [1.82, 2.24) is 0 Å². The second kappa shape index (κ2) is 2.87. The van der Waals surface area contributed by atoms with Gasteiger partial charge in [0, 0.05) is 17.2 Å². The molecule has 1 fully saturated rings. The molecule has 0 bridgehead atoms. The Kier molecular flexibility index (Phi) is 1.83. The summed E-state index contributed by atoms with van der Waals surface area (Å²) in [6.45, 7) is 1.91. The molecule has 2 N–H and O–H groups in total. The third-order valence-corrected chi connectivity index (χ3v) is 2.59. The van der Waals surface area contributed by atoms with Crippen molar-refractivity contribution < 1.29 is 4.79 Å². The van der Waals surface area contributed by atoms with Crippen molar-refractivity contribution in [2.24, 2.45) is 5.92 Å². The highest BCUT2D eigenvalue weighted by atomic mass is 16.1. The van der Waals surface area contributed by atoms with E-state index in [9.17, 15) is 4.79 Å². The lowest BCUT2D eigenvalue weighted by atomic mass is 10.0. The molecule has 1 aromatic carbocycles. The predicted molar refractivity (Wildman–Crippen MR) is 52.6 cm³/mol. The molecule has 0 amide bonds. The van der Waals surface area contributed by atoms with Crippen LogP contribution in [-0.2, 0) is 0 Å². The van der Waals surface area contributed by atoms with Crippen LogP contribution >= 0.6 is 0 Å². The first kappa shape index (κ1) is 8.30. The fourth-order valence-corrected chi connectivity index (χ4v) is 1.49. The van der Waals surface area contributed by atoms with Crippen molar-refractivity contribution in [3.8, 4) is 0 Å². The molecular formula is C11H13NO. The van der Waals surface area contributed by atoms with Gasteiger partial charge >= 0.3 is 0 Å². The number of hydrogen-bond acceptors (Lipinski definition) is 2. The quantitative estimate of drug-likeness (QED) is 0.553. The smallest absolute Gasteiger partial charge is 0.166 e. The monoisotopic (exact) mass is 175 g/mol. The van der Waals surface area contributed by atoms with Gasteiger partial charge in [-0.3, -0.25) is 4.79 Å². The van der Waals surface area contributed by atoms with E-state index in [2.05, 4.69) is 0 Å². The summed E-state index contributed by atoms with van der Waals surface area (Å²) in [4.78, 5) is 11.7. The van der Waals surface area contributed by atoms with E-state index in [-0.39, 0.29) is 11.7 Å². The Hall–Kier alpha value is -1.31. The maximum absolute atomic E-state index is 11.7. The van der Waals surface area contributed by atoms with E-state index >= 15 is 0 Å². The number of hydrogen-bond donors (Lipinski definition) is 1. The second-order valence-corrected chi connectivity index (χ2v) is 3.66. The Bertz CT molecular complexity index is 353. The van der Waals surface area contributed by atoms with Gasteiger partial charge in [0.05, 0.1) is 0 Å². The van der Waals surface area contributed by atoms with Crippen LogP contribution in [0.4, 0.5) is 5.69 Å². The van der Waals surface area contributed by atoms with Crippen LogP contribution in [0.5, 0.6) is 0 Å². The second-order valence-electron chi connectivity index (χ2n) is 3.66. The van der Waals surface area contributed by atoms with Gasteiger partial charge in [-0.15, -0.1) is 0 Å². The van der Waals surface area contributed by atoms with Gasteiger partial charge in [0.2, 0.25) is 0 Å². The minimum Gasteiger partial charge on any atom is -0.398 e. The average molecular weight is 175 g/mol. The molecule has 1 aliphatic carbocycles. The zero-order chi connectivity index (χ0) is 9.42. The minimum atomic E-state index is 0.268. The first-order valence-corrected chi connectivity index (χ1v) is 4.59. The number of anilines is 1. The maximum Gasteiger partial charge on any atom is 0.166 e. The standard InChI is InChI=1S/C11H13NO/c1-7-9(3-2-4-10(7)12)11(13)8-5-6-8/h2-4,8H,5-6,12H2,1H3. The topological polar surface area (TPSA) is 43.1 Å². The number of carbonyl (C=O) groups is 1. The lowest BCUT2D eigenvalue weighted by Gasteiger charge is -2.05. The van der Waals surface area contributed by atoms with Crippen LogP contribution < -0.4 is 5.73 Å². The molecule has 13 heavy (non-hydrogen) atoms. The lowest BCUT2D eigenvalue weighted by Crippen LogP contribution is -2.05. The van der Waals surface area contributed by atoms with Crippen LogP contribution in [0, 0.1) is 12.8 Å². The summed E-state index contributed by atoms with van der Waals surface area (Å²) in [5.41, 5.74) is 8.18. The molecular weight excluding hydrogens is 162 g/mol. The van der Waals surface area contributed by atoms with Gasteiger partial charge in [-0.25, -0.2) is 0 Å². The van der Waals surface area contributed by atoms with Crippen LogP contribution in [0.3, 0.4) is 0 Å². The molecule has 0 heterocycles. The summed E-state index contributed by atoms with van der Waals surface area (Å²) in [5, 5.41) is 0. The summed E-state index contributed by atoms with van der Waals surface area (Å²) in [6.07, 6.45) is 2.10. The van der Waals surface area contributed by atoms with Crippen LogP contribution in [0.2, 0.25) is 0 Å². The van der Waals surface area contributed by atoms with Crippen molar-refractivity contribution in [2.75, 3.05) is 5.73 Å². The van der Waals surface area contributed by atoms with E-state index < -0.39 is 0 Å². The third-order valence-electron chi connectivity index (χ3n) is 2.59. The summed E-state index contributed by atoms with van der Waals surface area (Å²) in [5.74, 6) is 0.547. The largest absolute Gasteiger partial charge is 0.398 e. The number of carbonyl (C=O) groups excluding carboxylic acids is 1. The number of rotatable bonds is 2. The highest BCUT2D eigenvalue weighted by molar-refractivity contribution is 6.01. The molecule has 2 nitrogen and oxygen atoms in total. The minimum absolute atomic E-state index is 0.268. The van der Waals surface area contributed by atoms with E-state index in [1.165, 1.54) is 0 Å². The molecule has 68 valence electrons. The summed E-state index contributed by atoms with van der Waals surface area (Å²) >= 11 is 0. The highest BCUT2D eigenvalue weighted by Crippen LogP contribution is 2.34. The first-order valence-electron chi connectivity index (χ1n) is 4.59. The normalized spacial score (nSPS) is 15.8. The third kappa shape index (κ3) is 1.44. The Balaban J connectivity index is 2.38. The molecule has 1 aromatic rings. The molecule has 0 aromatic heterocycles. The molecule has 1 saturated carbocycles. The van der Waals surface area contributed by atoms with Crippen LogP contribution in [0.25, 0.3) is 0 Å². The fraction of sp³-hybridized carbons (Fsp3) is 0.364. The highest BCUT2D eigenvalue weighted by Gasteiger charge is 2.31. The Labute approximate surface area is 77.8 Å². The number of nitrogens with two attached hydrogens (primary N) is 1. The van der Waals surface area contributed by atoms with Gasteiger partial charge in [-0.1, -0.05) is 12.1 Å². The Morgan fingerprint density at radius 3 is 2.77 bits per heavy atom.